The number of aryl methyl sites for hydroxylation is 1. The predicted octanol–water partition coefficient (Wildman–Crippen LogP) is 4.03. The fourth-order valence-corrected chi connectivity index (χ4v) is 4.39. The van der Waals surface area contributed by atoms with Gasteiger partial charge in [-0.1, -0.05) is 18.0 Å². The third kappa shape index (κ3) is 5.47. The van der Waals surface area contributed by atoms with Gasteiger partial charge in [-0.25, -0.2) is 4.79 Å². The van der Waals surface area contributed by atoms with Gasteiger partial charge < -0.3 is 28.7 Å². The van der Waals surface area contributed by atoms with E-state index >= 15 is 0 Å². The highest BCUT2D eigenvalue weighted by molar-refractivity contribution is 5.70. The van der Waals surface area contributed by atoms with Crippen molar-refractivity contribution in [2.24, 2.45) is 5.92 Å². The summed E-state index contributed by atoms with van der Waals surface area (Å²) >= 11 is 0. The Bertz CT molecular complexity index is 966. The minimum atomic E-state index is -0.873. The van der Waals surface area contributed by atoms with Crippen LogP contribution in [0.1, 0.15) is 43.4 Å². The number of hydrogen-bond acceptors (Lipinski definition) is 7. The van der Waals surface area contributed by atoms with Crippen LogP contribution in [0, 0.1) is 12.8 Å². The van der Waals surface area contributed by atoms with Crippen LogP contribution in [0.3, 0.4) is 0 Å². The number of carboxylic acids is 1. The standard InChI is InChI=1S/C24H30N2O7/c1-15-21(14-31-24(29)26(2)18-5-3-4-6-18)22(33-25-15)16-7-9-19(10-8-16)32-20-11-17(23(27)28)12-30-13-20/h7-10,17-18,20H,3-6,11-14H2,1-2H3,(H,27,28)/t17-,20-/m1/s1. The molecule has 1 aromatic carbocycles. The maximum absolute atomic E-state index is 12.5. The molecule has 4 rings (SSSR count). The second-order valence-electron chi connectivity index (χ2n) is 8.75. The van der Waals surface area contributed by atoms with E-state index in [1.54, 1.807) is 24.1 Å². The van der Waals surface area contributed by atoms with E-state index in [1.165, 1.54) is 0 Å². The number of amides is 1. The molecule has 0 spiro atoms. The molecule has 9 heteroatoms. The second kappa shape index (κ2) is 10.2. The highest BCUT2D eigenvalue weighted by Crippen LogP contribution is 2.30. The number of aliphatic carboxylic acids is 1. The van der Waals surface area contributed by atoms with Crippen LogP contribution in [0.5, 0.6) is 5.75 Å². The van der Waals surface area contributed by atoms with Gasteiger partial charge in [-0.05, 0) is 44.0 Å². The van der Waals surface area contributed by atoms with E-state index in [9.17, 15) is 14.7 Å². The van der Waals surface area contributed by atoms with Crippen LogP contribution in [-0.4, -0.2) is 59.6 Å². The molecule has 1 N–H and O–H groups in total. The number of hydrogen-bond donors (Lipinski definition) is 1. The minimum Gasteiger partial charge on any atom is -0.488 e. The van der Waals surface area contributed by atoms with Crippen molar-refractivity contribution in [1.29, 1.82) is 0 Å². The molecule has 1 amide bonds. The summed E-state index contributed by atoms with van der Waals surface area (Å²) in [6.07, 6.45) is 4.07. The SMILES string of the molecule is Cc1noc(-c2ccc(O[C@H]3COC[C@H](C(=O)O)C3)cc2)c1COC(=O)N(C)C1CCCC1. The monoisotopic (exact) mass is 458 g/mol. The number of rotatable bonds is 7. The van der Waals surface area contributed by atoms with Crippen molar-refractivity contribution >= 4 is 12.1 Å². The number of carbonyl (C=O) groups excluding carboxylic acids is 1. The molecule has 1 saturated heterocycles. The normalized spacial score (nSPS) is 21.0. The lowest BCUT2D eigenvalue weighted by molar-refractivity contribution is -0.149. The Kier molecular flexibility index (Phi) is 7.17. The number of carbonyl (C=O) groups is 2. The van der Waals surface area contributed by atoms with Gasteiger partial charge in [0.15, 0.2) is 5.76 Å². The Hall–Kier alpha value is -3.07. The van der Waals surface area contributed by atoms with Crippen LogP contribution in [0.15, 0.2) is 28.8 Å². The van der Waals surface area contributed by atoms with Crippen molar-refractivity contribution in [3.05, 3.63) is 35.5 Å². The lowest BCUT2D eigenvalue weighted by Crippen LogP contribution is -2.37. The molecule has 2 heterocycles. The first-order chi connectivity index (χ1) is 15.9. The molecular weight excluding hydrogens is 428 g/mol. The van der Waals surface area contributed by atoms with Crippen molar-refractivity contribution in [3.63, 3.8) is 0 Å². The van der Waals surface area contributed by atoms with Gasteiger partial charge in [0.1, 0.15) is 18.5 Å². The molecule has 1 saturated carbocycles. The van der Waals surface area contributed by atoms with Crippen molar-refractivity contribution in [1.82, 2.24) is 10.1 Å². The van der Waals surface area contributed by atoms with Crippen LogP contribution < -0.4 is 4.74 Å². The molecule has 0 unspecified atom stereocenters. The average molecular weight is 459 g/mol. The van der Waals surface area contributed by atoms with E-state index in [2.05, 4.69) is 5.16 Å². The smallest absolute Gasteiger partial charge is 0.410 e. The van der Waals surface area contributed by atoms with E-state index in [4.69, 9.17) is 18.7 Å². The molecule has 0 bridgehead atoms. The number of carboxylic acid groups (broad SMARTS) is 1. The van der Waals surface area contributed by atoms with Gasteiger partial charge in [0.05, 0.1) is 30.4 Å². The number of nitrogens with zero attached hydrogens (tertiary/aromatic N) is 2. The highest BCUT2D eigenvalue weighted by Gasteiger charge is 2.29. The Morgan fingerprint density at radius 3 is 2.61 bits per heavy atom. The number of benzene rings is 1. The van der Waals surface area contributed by atoms with Gasteiger partial charge in [-0.2, -0.15) is 0 Å². The van der Waals surface area contributed by atoms with Crippen molar-refractivity contribution < 1.29 is 33.4 Å². The molecule has 0 radical (unpaired) electrons. The molecule has 2 fully saturated rings. The fourth-order valence-electron chi connectivity index (χ4n) is 4.39. The first-order valence-corrected chi connectivity index (χ1v) is 11.3. The summed E-state index contributed by atoms with van der Waals surface area (Å²) in [6, 6.07) is 7.50. The molecule has 2 atom stereocenters. The first kappa shape index (κ1) is 23.1. The minimum absolute atomic E-state index is 0.0782. The quantitative estimate of drug-likeness (QED) is 0.662. The average Bonchev–Trinajstić information content (AvgIpc) is 3.48. The lowest BCUT2D eigenvalue weighted by Gasteiger charge is -2.27. The largest absolute Gasteiger partial charge is 0.488 e. The zero-order valence-corrected chi connectivity index (χ0v) is 19.0. The van der Waals surface area contributed by atoms with Gasteiger partial charge in [0.2, 0.25) is 0 Å². The Morgan fingerprint density at radius 1 is 1.18 bits per heavy atom. The number of ether oxygens (including phenoxy) is 3. The topological polar surface area (TPSA) is 111 Å². The predicted molar refractivity (Wildman–Crippen MR) is 118 cm³/mol. The van der Waals surface area contributed by atoms with Crippen molar-refractivity contribution in [2.75, 3.05) is 20.3 Å². The molecule has 9 nitrogen and oxygen atoms in total. The van der Waals surface area contributed by atoms with Crippen LogP contribution in [-0.2, 0) is 20.9 Å². The summed E-state index contributed by atoms with van der Waals surface area (Å²) in [5.41, 5.74) is 2.17. The maximum Gasteiger partial charge on any atom is 0.410 e. The summed E-state index contributed by atoms with van der Waals surface area (Å²) in [5.74, 6) is -0.275. The second-order valence-corrected chi connectivity index (χ2v) is 8.75. The lowest BCUT2D eigenvalue weighted by atomic mass is 10.0. The van der Waals surface area contributed by atoms with Crippen molar-refractivity contribution in [3.8, 4) is 17.1 Å². The summed E-state index contributed by atoms with van der Waals surface area (Å²) in [6.45, 7) is 2.46. The number of aromatic nitrogens is 1. The van der Waals surface area contributed by atoms with Crippen LogP contribution in [0.4, 0.5) is 4.79 Å². The summed E-state index contributed by atoms with van der Waals surface area (Å²) in [7, 11) is 1.79. The van der Waals surface area contributed by atoms with E-state index in [1.807, 2.05) is 19.1 Å². The third-order valence-electron chi connectivity index (χ3n) is 6.42. The zero-order chi connectivity index (χ0) is 23.4. The Morgan fingerprint density at radius 2 is 1.91 bits per heavy atom. The van der Waals surface area contributed by atoms with E-state index < -0.39 is 11.9 Å². The van der Waals surface area contributed by atoms with Gasteiger partial charge >= 0.3 is 12.1 Å². The fraction of sp³-hybridized carbons (Fsp3) is 0.542. The molecule has 2 aromatic rings. The molecule has 178 valence electrons. The van der Waals surface area contributed by atoms with E-state index in [0.717, 1.165) is 36.8 Å². The van der Waals surface area contributed by atoms with E-state index in [-0.39, 0.29) is 31.5 Å². The molecule has 1 aliphatic heterocycles. The van der Waals surface area contributed by atoms with Gasteiger partial charge in [0, 0.05) is 25.1 Å². The van der Waals surface area contributed by atoms with Gasteiger partial charge in [0.25, 0.3) is 0 Å². The molecular formula is C24H30N2O7. The van der Waals surface area contributed by atoms with Crippen LogP contribution in [0.2, 0.25) is 0 Å². The summed E-state index contributed by atoms with van der Waals surface area (Å²) in [5, 5.41) is 13.2. The van der Waals surface area contributed by atoms with Gasteiger partial charge in [-0.15, -0.1) is 0 Å². The van der Waals surface area contributed by atoms with Crippen molar-refractivity contribution in [2.45, 2.75) is 57.8 Å². The first-order valence-electron chi connectivity index (χ1n) is 11.3. The highest BCUT2D eigenvalue weighted by atomic mass is 16.6. The Balaban J connectivity index is 1.38. The van der Waals surface area contributed by atoms with Crippen LogP contribution in [0.25, 0.3) is 11.3 Å². The molecule has 1 aromatic heterocycles. The third-order valence-corrected chi connectivity index (χ3v) is 6.42. The van der Waals surface area contributed by atoms with Gasteiger partial charge in [-0.3, -0.25) is 4.79 Å². The zero-order valence-electron chi connectivity index (χ0n) is 19.0. The van der Waals surface area contributed by atoms with E-state index in [0.29, 0.717) is 30.2 Å². The maximum atomic E-state index is 12.5. The Labute approximate surface area is 192 Å². The summed E-state index contributed by atoms with van der Waals surface area (Å²) in [4.78, 5) is 25.4. The summed E-state index contributed by atoms with van der Waals surface area (Å²) < 4.78 is 22.3. The molecule has 33 heavy (non-hydrogen) atoms. The molecule has 2 aliphatic rings. The molecule has 1 aliphatic carbocycles. The van der Waals surface area contributed by atoms with Crippen LogP contribution >= 0.6 is 0 Å².